The van der Waals surface area contributed by atoms with E-state index in [0.717, 1.165) is 0 Å². The van der Waals surface area contributed by atoms with Crippen molar-refractivity contribution in [1.82, 2.24) is 9.97 Å². The molecular weight excluding hydrogens is 272 g/mol. The zero-order valence-corrected chi connectivity index (χ0v) is 11.8. The molecule has 2 rings (SSSR count). The van der Waals surface area contributed by atoms with Gasteiger partial charge in [-0.2, -0.15) is 0 Å². The maximum atomic E-state index is 11.6. The van der Waals surface area contributed by atoms with Crippen molar-refractivity contribution in [3.05, 3.63) is 36.2 Å². The minimum Gasteiger partial charge on any atom is -0.478 e. The lowest BCUT2D eigenvalue weighted by Crippen LogP contribution is -2.07. The first-order valence-electron chi connectivity index (χ1n) is 6.33. The first-order chi connectivity index (χ1) is 10.1. The van der Waals surface area contributed by atoms with Gasteiger partial charge in [0.1, 0.15) is 5.82 Å². The summed E-state index contributed by atoms with van der Waals surface area (Å²) in [7, 11) is 1.30. The van der Waals surface area contributed by atoms with Gasteiger partial charge in [0.05, 0.1) is 43.0 Å². The summed E-state index contributed by atoms with van der Waals surface area (Å²) in [5.74, 6) is 0.502. The van der Waals surface area contributed by atoms with E-state index in [-0.39, 0.29) is 11.3 Å². The van der Waals surface area contributed by atoms with E-state index in [1.807, 2.05) is 6.92 Å². The molecule has 0 saturated heterocycles. The van der Waals surface area contributed by atoms with Gasteiger partial charge in [-0.05, 0) is 19.1 Å². The van der Waals surface area contributed by atoms with Gasteiger partial charge >= 0.3 is 5.97 Å². The second-order valence-electron chi connectivity index (χ2n) is 4.09. The molecule has 0 aromatic carbocycles. The van der Waals surface area contributed by atoms with Crippen LogP contribution in [0, 0.1) is 0 Å². The Morgan fingerprint density at radius 1 is 1.33 bits per heavy atom. The minimum absolute atomic E-state index is 0.258. The number of carbonyl (C=O) groups is 1. The zero-order chi connectivity index (χ0) is 15.2. The van der Waals surface area contributed by atoms with Crippen LogP contribution >= 0.6 is 0 Å². The third kappa shape index (κ3) is 3.59. The van der Waals surface area contributed by atoms with Gasteiger partial charge in [0.25, 0.3) is 0 Å². The minimum atomic E-state index is -0.511. The van der Waals surface area contributed by atoms with Crippen LogP contribution in [0.25, 0.3) is 0 Å². The Bertz CT molecular complexity index is 629. The highest BCUT2D eigenvalue weighted by Crippen LogP contribution is 2.20. The molecule has 7 heteroatoms. The lowest BCUT2D eigenvalue weighted by Gasteiger charge is -2.09. The number of hydrogen-bond donors (Lipinski definition) is 2. The van der Waals surface area contributed by atoms with E-state index in [4.69, 9.17) is 10.5 Å². The lowest BCUT2D eigenvalue weighted by atomic mass is 10.2. The molecule has 2 aromatic rings. The van der Waals surface area contributed by atoms with Crippen LogP contribution in [0.15, 0.2) is 30.6 Å². The molecule has 0 unspecified atom stereocenters. The quantitative estimate of drug-likeness (QED) is 0.811. The number of methoxy groups -OCH3 is 1. The number of nitrogens with zero attached hydrogens (tertiary/aromatic N) is 2. The van der Waals surface area contributed by atoms with Crippen molar-refractivity contribution < 1.29 is 14.3 Å². The molecular formula is C14H16N4O3. The van der Waals surface area contributed by atoms with Gasteiger partial charge in [-0.15, -0.1) is 0 Å². The van der Waals surface area contributed by atoms with Gasteiger partial charge in [-0.25, -0.2) is 14.8 Å². The van der Waals surface area contributed by atoms with E-state index < -0.39 is 5.97 Å². The van der Waals surface area contributed by atoms with Crippen molar-refractivity contribution in [2.75, 3.05) is 24.8 Å². The van der Waals surface area contributed by atoms with Crippen LogP contribution in [-0.2, 0) is 4.74 Å². The molecule has 0 aliphatic rings. The number of ether oxygens (including phenoxy) is 2. The molecule has 110 valence electrons. The van der Waals surface area contributed by atoms with Crippen LogP contribution in [0.5, 0.6) is 5.88 Å². The van der Waals surface area contributed by atoms with Crippen LogP contribution < -0.4 is 15.8 Å². The normalized spacial score (nSPS) is 10.0. The van der Waals surface area contributed by atoms with Crippen molar-refractivity contribution in [1.29, 1.82) is 0 Å². The summed E-state index contributed by atoms with van der Waals surface area (Å²) in [5.41, 5.74) is 6.93. The van der Waals surface area contributed by atoms with E-state index in [2.05, 4.69) is 20.0 Å². The molecule has 2 heterocycles. The molecule has 2 aromatic heterocycles. The first kappa shape index (κ1) is 14.6. The Balaban J connectivity index is 2.17. The van der Waals surface area contributed by atoms with E-state index in [1.165, 1.54) is 19.4 Å². The maximum absolute atomic E-state index is 11.6. The number of esters is 1. The third-order valence-electron chi connectivity index (χ3n) is 2.64. The summed E-state index contributed by atoms with van der Waals surface area (Å²) in [6.07, 6.45) is 3.01. The van der Waals surface area contributed by atoms with Crippen molar-refractivity contribution in [2.24, 2.45) is 0 Å². The molecule has 3 N–H and O–H groups in total. The highest BCUT2D eigenvalue weighted by molar-refractivity contribution is 5.95. The van der Waals surface area contributed by atoms with E-state index in [9.17, 15) is 4.79 Å². The summed E-state index contributed by atoms with van der Waals surface area (Å²) in [5, 5.41) is 3.03. The summed E-state index contributed by atoms with van der Waals surface area (Å²) < 4.78 is 9.92. The van der Waals surface area contributed by atoms with E-state index in [1.54, 1.807) is 18.3 Å². The topological polar surface area (TPSA) is 99.4 Å². The molecule has 21 heavy (non-hydrogen) atoms. The highest BCUT2D eigenvalue weighted by atomic mass is 16.5. The highest BCUT2D eigenvalue weighted by Gasteiger charge is 2.11. The second-order valence-corrected chi connectivity index (χ2v) is 4.09. The van der Waals surface area contributed by atoms with Crippen LogP contribution in [-0.4, -0.2) is 29.7 Å². The largest absolute Gasteiger partial charge is 0.478 e. The number of rotatable bonds is 5. The fourth-order valence-corrected chi connectivity index (χ4v) is 1.66. The van der Waals surface area contributed by atoms with Gasteiger partial charge in [0.15, 0.2) is 0 Å². The maximum Gasteiger partial charge on any atom is 0.340 e. The van der Waals surface area contributed by atoms with Crippen LogP contribution in [0.1, 0.15) is 17.3 Å². The molecule has 7 nitrogen and oxygen atoms in total. The Kier molecular flexibility index (Phi) is 4.55. The summed E-state index contributed by atoms with van der Waals surface area (Å²) in [6.45, 7) is 2.45. The molecule has 0 atom stereocenters. The van der Waals surface area contributed by atoms with E-state index >= 15 is 0 Å². The Morgan fingerprint density at radius 3 is 2.76 bits per heavy atom. The monoisotopic (exact) mass is 288 g/mol. The predicted molar refractivity (Wildman–Crippen MR) is 78.7 cm³/mol. The van der Waals surface area contributed by atoms with Gasteiger partial charge in [-0.1, -0.05) is 0 Å². The average molecular weight is 288 g/mol. The number of pyridine rings is 2. The first-order valence-corrected chi connectivity index (χ1v) is 6.33. The Labute approximate surface area is 122 Å². The number of nitrogens with one attached hydrogen (secondary N) is 1. The number of nitrogen functional groups attached to an aromatic ring is 1. The standard InChI is InChI=1S/C14H16N4O3/c1-3-21-13-5-4-9(7-17-13)18-12-6-10(14(19)20-2)11(15)8-16-12/h4-8H,3,15H2,1-2H3,(H,16,18). The van der Waals surface area contributed by atoms with Crippen molar-refractivity contribution in [3.63, 3.8) is 0 Å². The van der Waals surface area contributed by atoms with Crippen LogP contribution in [0.4, 0.5) is 17.2 Å². The molecule has 0 bridgehead atoms. The van der Waals surface area contributed by atoms with Gasteiger partial charge in [0, 0.05) is 6.07 Å². The van der Waals surface area contributed by atoms with Crippen molar-refractivity contribution in [3.8, 4) is 5.88 Å². The molecule has 0 aliphatic heterocycles. The molecule has 0 aliphatic carbocycles. The fourth-order valence-electron chi connectivity index (χ4n) is 1.66. The molecule has 0 radical (unpaired) electrons. The molecule has 0 fully saturated rings. The zero-order valence-electron chi connectivity index (χ0n) is 11.8. The van der Waals surface area contributed by atoms with Gasteiger partial charge in [0.2, 0.25) is 5.88 Å². The Morgan fingerprint density at radius 2 is 2.14 bits per heavy atom. The number of hydrogen-bond acceptors (Lipinski definition) is 7. The molecule has 0 saturated carbocycles. The second kappa shape index (κ2) is 6.56. The van der Waals surface area contributed by atoms with Gasteiger partial charge in [-0.3, -0.25) is 0 Å². The number of carbonyl (C=O) groups excluding carboxylic acids is 1. The number of nitrogens with two attached hydrogens (primary N) is 1. The van der Waals surface area contributed by atoms with E-state index in [0.29, 0.717) is 24.0 Å². The summed E-state index contributed by atoms with van der Waals surface area (Å²) in [6, 6.07) is 5.07. The lowest BCUT2D eigenvalue weighted by molar-refractivity contribution is 0.0602. The Hall–Kier alpha value is -2.83. The SMILES string of the molecule is CCOc1ccc(Nc2cc(C(=O)OC)c(N)cn2)cn1. The van der Waals surface area contributed by atoms with Crippen molar-refractivity contribution in [2.45, 2.75) is 6.92 Å². The molecule has 0 amide bonds. The number of aromatic nitrogens is 2. The van der Waals surface area contributed by atoms with Crippen LogP contribution in [0.3, 0.4) is 0 Å². The summed E-state index contributed by atoms with van der Waals surface area (Å²) in [4.78, 5) is 19.8. The predicted octanol–water partition coefficient (Wildman–Crippen LogP) is 1.99. The smallest absolute Gasteiger partial charge is 0.340 e. The summed E-state index contributed by atoms with van der Waals surface area (Å²) >= 11 is 0. The number of anilines is 3. The van der Waals surface area contributed by atoms with Crippen LogP contribution in [0.2, 0.25) is 0 Å². The van der Waals surface area contributed by atoms with Gasteiger partial charge < -0.3 is 20.5 Å². The van der Waals surface area contributed by atoms with Crippen molar-refractivity contribution >= 4 is 23.2 Å². The average Bonchev–Trinajstić information content (AvgIpc) is 2.50. The third-order valence-corrected chi connectivity index (χ3v) is 2.64. The fraction of sp³-hybridized carbons (Fsp3) is 0.214. The molecule has 0 spiro atoms.